The molecule has 0 amide bonds. The van der Waals surface area contributed by atoms with E-state index in [4.69, 9.17) is 0 Å². The normalized spacial score (nSPS) is 12.5. The molecule has 0 saturated carbocycles. The molecular weight excluding hydrogens is 262 g/mol. The Hall–Kier alpha value is -0.170. The van der Waals surface area contributed by atoms with Gasteiger partial charge in [0, 0.05) is 26.2 Å². The lowest BCUT2D eigenvalue weighted by Crippen LogP contribution is -2.44. The summed E-state index contributed by atoms with van der Waals surface area (Å²) in [6.45, 7) is 9.60. The third-order valence-electron chi connectivity index (χ3n) is 3.18. The van der Waals surface area contributed by atoms with Gasteiger partial charge >= 0.3 is 0 Å². The Kier molecular flexibility index (Phi) is 10.5. The van der Waals surface area contributed by atoms with Crippen LogP contribution >= 0.6 is 0 Å². The minimum atomic E-state index is -3.31. The fourth-order valence-electron chi connectivity index (χ4n) is 1.64. The predicted molar refractivity (Wildman–Crippen MR) is 81.5 cm³/mol. The van der Waals surface area contributed by atoms with E-state index in [1.54, 1.807) is 4.31 Å². The molecule has 0 aliphatic carbocycles. The van der Waals surface area contributed by atoms with Crippen molar-refractivity contribution in [3.63, 3.8) is 0 Å². The summed E-state index contributed by atoms with van der Waals surface area (Å²) >= 11 is 0. The maximum absolute atomic E-state index is 12.2. The van der Waals surface area contributed by atoms with Gasteiger partial charge in [-0.1, -0.05) is 33.6 Å². The smallest absolute Gasteiger partial charge is 0.279 e. The molecular formula is C13H31N3O2S. The molecule has 0 heterocycles. The highest BCUT2D eigenvalue weighted by Crippen LogP contribution is 2.04. The Morgan fingerprint density at radius 1 is 0.947 bits per heavy atom. The number of nitrogens with one attached hydrogen (secondary N) is 1. The summed E-state index contributed by atoms with van der Waals surface area (Å²) in [5.74, 6) is 0. The average Bonchev–Trinajstić information content (AvgIpc) is 2.38. The van der Waals surface area contributed by atoms with Crippen LogP contribution in [0, 0.1) is 0 Å². The number of rotatable bonds is 12. The van der Waals surface area contributed by atoms with Gasteiger partial charge in [0.05, 0.1) is 0 Å². The van der Waals surface area contributed by atoms with Crippen LogP contribution in [0.15, 0.2) is 0 Å². The maximum Gasteiger partial charge on any atom is 0.279 e. The van der Waals surface area contributed by atoms with Crippen LogP contribution in [-0.2, 0) is 10.2 Å². The molecule has 19 heavy (non-hydrogen) atoms. The van der Waals surface area contributed by atoms with Crippen molar-refractivity contribution >= 4 is 10.2 Å². The van der Waals surface area contributed by atoms with E-state index < -0.39 is 10.2 Å². The molecule has 5 nitrogen and oxygen atoms in total. The van der Waals surface area contributed by atoms with Crippen LogP contribution in [0.1, 0.15) is 46.5 Å². The van der Waals surface area contributed by atoms with E-state index in [9.17, 15) is 8.42 Å². The van der Waals surface area contributed by atoms with Crippen molar-refractivity contribution in [1.29, 1.82) is 0 Å². The van der Waals surface area contributed by atoms with E-state index >= 15 is 0 Å². The van der Waals surface area contributed by atoms with Gasteiger partial charge in [-0.2, -0.15) is 12.7 Å². The molecule has 0 rings (SSSR count). The summed E-state index contributed by atoms with van der Waals surface area (Å²) < 4.78 is 28.7. The molecule has 0 saturated heterocycles. The Morgan fingerprint density at radius 3 is 1.89 bits per heavy atom. The third kappa shape index (κ3) is 8.57. The molecule has 0 aromatic rings. The zero-order chi connectivity index (χ0) is 14.7. The van der Waals surface area contributed by atoms with Crippen LogP contribution in [0.25, 0.3) is 0 Å². The van der Waals surface area contributed by atoms with Crippen molar-refractivity contribution < 1.29 is 8.42 Å². The lowest BCUT2D eigenvalue weighted by atomic mass is 10.3. The second-order valence-corrected chi connectivity index (χ2v) is 6.66. The van der Waals surface area contributed by atoms with Crippen molar-refractivity contribution in [3.8, 4) is 0 Å². The number of hydrogen-bond acceptors (Lipinski definition) is 3. The molecule has 6 heteroatoms. The number of unbranched alkanes of at least 4 members (excludes halogenated alkanes) is 2. The van der Waals surface area contributed by atoms with Crippen LogP contribution < -0.4 is 4.72 Å². The first-order chi connectivity index (χ1) is 8.97. The van der Waals surface area contributed by atoms with Crippen LogP contribution in [-0.4, -0.2) is 57.4 Å². The average molecular weight is 293 g/mol. The Morgan fingerprint density at radius 2 is 1.47 bits per heavy atom. The van der Waals surface area contributed by atoms with Gasteiger partial charge in [0.15, 0.2) is 0 Å². The number of nitrogens with zero attached hydrogens (tertiary/aromatic N) is 2. The summed E-state index contributed by atoms with van der Waals surface area (Å²) in [7, 11) is -1.33. The molecule has 116 valence electrons. The number of likely N-dealkylation sites (N-methyl/N-ethyl adjacent to an activating group) is 1. The summed E-state index contributed by atoms with van der Waals surface area (Å²) in [5.41, 5.74) is 0. The highest BCUT2D eigenvalue weighted by atomic mass is 32.2. The van der Waals surface area contributed by atoms with Crippen LogP contribution in [0.3, 0.4) is 0 Å². The van der Waals surface area contributed by atoms with E-state index in [-0.39, 0.29) is 0 Å². The molecule has 0 aromatic carbocycles. The zero-order valence-electron chi connectivity index (χ0n) is 13.0. The first-order valence-corrected chi connectivity index (χ1v) is 8.85. The minimum Gasteiger partial charge on any atom is -0.305 e. The van der Waals surface area contributed by atoms with Gasteiger partial charge in [-0.15, -0.1) is 0 Å². The molecule has 0 bridgehead atoms. The first kappa shape index (κ1) is 18.8. The quantitative estimate of drug-likeness (QED) is 0.595. The summed E-state index contributed by atoms with van der Waals surface area (Å²) in [6.07, 6.45) is 3.85. The van der Waals surface area contributed by atoms with E-state index in [0.29, 0.717) is 19.6 Å². The topological polar surface area (TPSA) is 52.7 Å². The lowest BCUT2D eigenvalue weighted by Gasteiger charge is -2.23. The second kappa shape index (κ2) is 10.6. The highest BCUT2D eigenvalue weighted by molar-refractivity contribution is 7.87. The second-order valence-electron chi connectivity index (χ2n) is 4.90. The van der Waals surface area contributed by atoms with Gasteiger partial charge in [0.25, 0.3) is 10.2 Å². The summed E-state index contributed by atoms with van der Waals surface area (Å²) in [6, 6.07) is 0. The molecule has 1 N–H and O–H groups in total. The Labute approximate surface area is 119 Å². The predicted octanol–water partition coefficient (Wildman–Crippen LogP) is 1.67. The van der Waals surface area contributed by atoms with E-state index in [0.717, 1.165) is 38.8 Å². The van der Waals surface area contributed by atoms with Gasteiger partial charge in [0.2, 0.25) is 0 Å². The van der Waals surface area contributed by atoms with Crippen molar-refractivity contribution in [2.45, 2.75) is 46.5 Å². The van der Waals surface area contributed by atoms with Crippen molar-refractivity contribution in [2.75, 3.05) is 39.8 Å². The molecule has 0 aliphatic heterocycles. The number of hydrogen-bond donors (Lipinski definition) is 1. The molecule has 0 spiro atoms. The third-order valence-corrected chi connectivity index (χ3v) is 4.79. The van der Waals surface area contributed by atoms with Gasteiger partial charge in [-0.05, 0) is 26.4 Å². The Bertz CT molecular complexity index is 299. The standard InChI is InChI=1S/C13H31N3O2S/c1-5-8-11-16(12-9-6-2)19(17,18)14-10-13-15(4)7-3/h14H,5-13H2,1-4H3. The molecule has 0 fully saturated rings. The molecule has 0 atom stereocenters. The van der Waals surface area contributed by atoms with Gasteiger partial charge in [-0.3, -0.25) is 0 Å². The highest BCUT2D eigenvalue weighted by Gasteiger charge is 2.20. The largest absolute Gasteiger partial charge is 0.305 e. The van der Waals surface area contributed by atoms with Gasteiger partial charge in [0.1, 0.15) is 0 Å². The SMILES string of the molecule is CCCCN(CCCC)S(=O)(=O)NCCN(C)CC. The summed E-state index contributed by atoms with van der Waals surface area (Å²) in [5, 5.41) is 0. The molecule has 0 aliphatic rings. The lowest BCUT2D eigenvalue weighted by molar-refractivity contribution is 0.350. The fourth-order valence-corrected chi connectivity index (χ4v) is 2.91. The van der Waals surface area contributed by atoms with Crippen molar-refractivity contribution in [3.05, 3.63) is 0 Å². The van der Waals surface area contributed by atoms with Gasteiger partial charge < -0.3 is 4.90 Å². The molecule has 0 aromatic heterocycles. The first-order valence-electron chi connectivity index (χ1n) is 7.41. The van der Waals surface area contributed by atoms with E-state index in [1.165, 1.54) is 0 Å². The molecule has 0 radical (unpaired) electrons. The minimum absolute atomic E-state index is 0.474. The van der Waals surface area contributed by atoms with Crippen LogP contribution in [0.2, 0.25) is 0 Å². The zero-order valence-corrected chi connectivity index (χ0v) is 13.8. The van der Waals surface area contributed by atoms with Crippen molar-refractivity contribution in [1.82, 2.24) is 13.9 Å². The van der Waals surface area contributed by atoms with Crippen molar-refractivity contribution in [2.24, 2.45) is 0 Å². The van der Waals surface area contributed by atoms with Gasteiger partial charge in [-0.25, -0.2) is 4.72 Å². The van der Waals surface area contributed by atoms with Crippen LogP contribution in [0.5, 0.6) is 0 Å². The monoisotopic (exact) mass is 293 g/mol. The van der Waals surface area contributed by atoms with Crippen LogP contribution in [0.4, 0.5) is 0 Å². The van der Waals surface area contributed by atoms with E-state index in [2.05, 4.69) is 30.4 Å². The Balaban J connectivity index is 4.33. The van der Waals surface area contributed by atoms with E-state index in [1.807, 2.05) is 7.05 Å². The fraction of sp³-hybridized carbons (Fsp3) is 1.00. The molecule has 0 unspecified atom stereocenters. The summed E-state index contributed by atoms with van der Waals surface area (Å²) in [4.78, 5) is 2.09. The maximum atomic E-state index is 12.2.